The standard InChI is InChI=1S/C29H33N3O.ClH/c1-30(25-16-7-3-8-17-25)32-27-19-10-9-18-26(27)29(28(32)33,24-14-5-2-6-15-24)20-13-23-31-21-11-4-12-22-31;/h2-3,5-10,14-19H,4,11-13,20-23H2,1H3;1H. The van der Waals surface area contributed by atoms with Crippen molar-refractivity contribution in [2.45, 2.75) is 37.5 Å². The van der Waals surface area contributed by atoms with Gasteiger partial charge in [0, 0.05) is 7.05 Å². The van der Waals surface area contributed by atoms with E-state index in [2.05, 4.69) is 59.5 Å². The number of rotatable bonds is 7. The van der Waals surface area contributed by atoms with Gasteiger partial charge in [0.15, 0.2) is 0 Å². The molecular weight excluding hydrogens is 442 g/mol. The predicted octanol–water partition coefficient (Wildman–Crippen LogP) is 6.06. The molecule has 0 aliphatic carbocycles. The van der Waals surface area contributed by atoms with Gasteiger partial charge in [0.2, 0.25) is 0 Å². The number of benzene rings is 3. The second kappa shape index (κ2) is 10.6. The lowest BCUT2D eigenvalue weighted by molar-refractivity contribution is -0.122. The second-order valence-corrected chi connectivity index (χ2v) is 9.27. The first-order valence-corrected chi connectivity index (χ1v) is 12.2. The minimum atomic E-state index is -0.670. The van der Waals surface area contributed by atoms with Gasteiger partial charge in [0.25, 0.3) is 5.91 Å². The van der Waals surface area contributed by atoms with Crippen LogP contribution >= 0.6 is 12.4 Å². The van der Waals surface area contributed by atoms with E-state index in [-0.39, 0.29) is 18.3 Å². The third-order valence-corrected chi connectivity index (χ3v) is 7.32. The van der Waals surface area contributed by atoms with Gasteiger partial charge >= 0.3 is 0 Å². The van der Waals surface area contributed by atoms with E-state index >= 15 is 0 Å². The molecule has 178 valence electrons. The van der Waals surface area contributed by atoms with Crippen LogP contribution in [0.25, 0.3) is 0 Å². The molecule has 2 heterocycles. The van der Waals surface area contributed by atoms with Gasteiger partial charge in [-0.05, 0) is 74.6 Å². The number of hydrogen-bond donors (Lipinski definition) is 0. The number of piperidine rings is 1. The maximum absolute atomic E-state index is 14.5. The molecule has 3 aromatic rings. The van der Waals surface area contributed by atoms with Crippen LogP contribution in [0, 0.1) is 0 Å². The molecule has 5 heteroatoms. The average Bonchev–Trinajstić information content (AvgIpc) is 3.14. The van der Waals surface area contributed by atoms with Gasteiger partial charge in [0.1, 0.15) is 5.41 Å². The first-order valence-electron chi connectivity index (χ1n) is 12.2. The summed E-state index contributed by atoms with van der Waals surface area (Å²) in [4.78, 5) is 17.0. The summed E-state index contributed by atoms with van der Waals surface area (Å²) in [5.41, 5.74) is 3.51. The molecule has 0 N–H and O–H groups in total. The van der Waals surface area contributed by atoms with Crippen molar-refractivity contribution in [3.05, 3.63) is 96.1 Å². The number of hydrogen-bond acceptors (Lipinski definition) is 3. The van der Waals surface area contributed by atoms with Crippen LogP contribution in [-0.2, 0) is 10.2 Å². The van der Waals surface area contributed by atoms with Crippen LogP contribution in [0.1, 0.15) is 43.2 Å². The smallest absolute Gasteiger partial charge is 0.261 e. The number of amides is 1. The normalized spacial score (nSPS) is 20.0. The highest BCUT2D eigenvalue weighted by Crippen LogP contribution is 2.49. The first-order chi connectivity index (χ1) is 16.2. The summed E-state index contributed by atoms with van der Waals surface area (Å²) in [7, 11) is 1.98. The van der Waals surface area contributed by atoms with Gasteiger partial charge in [-0.25, -0.2) is 5.01 Å². The zero-order chi connectivity index (χ0) is 22.7. The fraction of sp³-hybridized carbons (Fsp3) is 0.345. The van der Waals surface area contributed by atoms with Crippen molar-refractivity contribution in [1.82, 2.24) is 4.90 Å². The van der Waals surface area contributed by atoms with Gasteiger partial charge in [0.05, 0.1) is 11.4 Å². The number of para-hydroxylation sites is 2. The third-order valence-electron chi connectivity index (χ3n) is 7.32. The largest absolute Gasteiger partial charge is 0.303 e. The van der Waals surface area contributed by atoms with Crippen molar-refractivity contribution in [3.63, 3.8) is 0 Å². The second-order valence-electron chi connectivity index (χ2n) is 9.27. The molecule has 0 radical (unpaired) electrons. The highest BCUT2D eigenvalue weighted by molar-refractivity contribution is 6.11. The maximum Gasteiger partial charge on any atom is 0.261 e. The summed E-state index contributed by atoms with van der Waals surface area (Å²) in [6, 6.07) is 28.9. The van der Waals surface area contributed by atoms with E-state index in [4.69, 9.17) is 0 Å². The van der Waals surface area contributed by atoms with Gasteiger partial charge in [-0.3, -0.25) is 9.80 Å². The number of anilines is 2. The van der Waals surface area contributed by atoms with Crippen LogP contribution in [0.3, 0.4) is 0 Å². The van der Waals surface area contributed by atoms with E-state index in [1.165, 1.54) is 32.4 Å². The Hall–Kier alpha value is -2.82. The SMILES string of the molecule is CN(c1ccccc1)N1C(=O)C(CCCN2CCCCC2)(c2ccccc2)c2ccccc21.Cl. The zero-order valence-corrected chi connectivity index (χ0v) is 20.7. The van der Waals surface area contributed by atoms with Crippen LogP contribution in [0.15, 0.2) is 84.9 Å². The lowest BCUT2D eigenvalue weighted by atomic mass is 9.72. The summed E-state index contributed by atoms with van der Waals surface area (Å²) in [5.74, 6) is 0.139. The Morgan fingerprint density at radius 1 is 0.824 bits per heavy atom. The summed E-state index contributed by atoms with van der Waals surface area (Å²) in [6.07, 6.45) is 5.74. The van der Waals surface area contributed by atoms with Gasteiger partial charge < -0.3 is 4.90 Å². The van der Waals surface area contributed by atoms with Crippen molar-refractivity contribution in [2.75, 3.05) is 36.7 Å². The molecule has 34 heavy (non-hydrogen) atoms. The lowest BCUT2D eigenvalue weighted by Gasteiger charge is -2.34. The molecule has 4 nitrogen and oxygen atoms in total. The van der Waals surface area contributed by atoms with Gasteiger partial charge in [-0.1, -0.05) is 73.2 Å². The van der Waals surface area contributed by atoms with E-state index in [9.17, 15) is 4.79 Å². The number of halogens is 1. The molecule has 0 saturated carbocycles. The molecule has 1 amide bonds. The Labute approximate surface area is 209 Å². The summed E-state index contributed by atoms with van der Waals surface area (Å²) in [5, 5.41) is 3.88. The zero-order valence-electron chi connectivity index (χ0n) is 19.9. The van der Waals surface area contributed by atoms with E-state index in [1.807, 2.05) is 47.4 Å². The molecule has 2 aliphatic rings. The number of carbonyl (C=O) groups excluding carboxylic acids is 1. The Kier molecular flexibility index (Phi) is 7.60. The molecule has 1 unspecified atom stereocenters. The van der Waals surface area contributed by atoms with Crippen LogP contribution < -0.4 is 10.0 Å². The van der Waals surface area contributed by atoms with Crippen LogP contribution in [-0.4, -0.2) is 37.5 Å². The highest BCUT2D eigenvalue weighted by Gasteiger charge is 2.52. The van der Waals surface area contributed by atoms with Gasteiger partial charge in [-0.2, -0.15) is 0 Å². The number of nitrogens with zero attached hydrogens (tertiary/aromatic N) is 3. The van der Waals surface area contributed by atoms with Crippen molar-refractivity contribution < 1.29 is 4.79 Å². The molecule has 1 atom stereocenters. The van der Waals surface area contributed by atoms with Crippen molar-refractivity contribution in [2.24, 2.45) is 0 Å². The Bertz CT molecular complexity index is 1080. The Morgan fingerprint density at radius 3 is 2.15 bits per heavy atom. The minimum absolute atomic E-state index is 0. The van der Waals surface area contributed by atoms with Crippen LogP contribution in [0.5, 0.6) is 0 Å². The summed E-state index contributed by atoms with van der Waals surface area (Å²) in [6.45, 7) is 3.43. The molecule has 0 aromatic heterocycles. The monoisotopic (exact) mass is 475 g/mol. The quantitative estimate of drug-likeness (QED) is 0.415. The molecular formula is C29H34ClN3O. The predicted molar refractivity (Wildman–Crippen MR) is 143 cm³/mol. The fourth-order valence-corrected chi connectivity index (χ4v) is 5.62. The topological polar surface area (TPSA) is 26.8 Å². The number of likely N-dealkylation sites (tertiary alicyclic amines) is 1. The van der Waals surface area contributed by atoms with E-state index in [0.717, 1.165) is 41.9 Å². The summed E-state index contributed by atoms with van der Waals surface area (Å²) < 4.78 is 0. The van der Waals surface area contributed by atoms with Crippen molar-refractivity contribution in [3.8, 4) is 0 Å². The molecule has 0 spiro atoms. The number of fused-ring (bicyclic) bond motifs is 1. The first kappa shape index (κ1) is 24.3. The fourth-order valence-electron chi connectivity index (χ4n) is 5.62. The Morgan fingerprint density at radius 2 is 1.44 bits per heavy atom. The summed E-state index contributed by atoms with van der Waals surface area (Å²) >= 11 is 0. The van der Waals surface area contributed by atoms with Crippen LogP contribution in [0.4, 0.5) is 11.4 Å². The third kappa shape index (κ3) is 4.33. The average molecular weight is 476 g/mol. The van der Waals surface area contributed by atoms with Gasteiger partial charge in [-0.15, -0.1) is 12.4 Å². The van der Waals surface area contributed by atoms with E-state index in [0.29, 0.717) is 0 Å². The lowest BCUT2D eigenvalue weighted by Crippen LogP contribution is -2.49. The molecule has 3 aromatic carbocycles. The Balaban J connectivity index is 0.00000274. The molecule has 2 aliphatic heterocycles. The number of hydrazine groups is 1. The van der Waals surface area contributed by atoms with E-state index in [1.54, 1.807) is 0 Å². The van der Waals surface area contributed by atoms with Crippen molar-refractivity contribution in [1.29, 1.82) is 0 Å². The molecule has 0 bridgehead atoms. The van der Waals surface area contributed by atoms with Crippen LogP contribution in [0.2, 0.25) is 0 Å². The minimum Gasteiger partial charge on any atom is -0.303 e. The highest BCUT2D eigenvalue weighted by atomic mass is 35.5. The molecule has 5 rings (SSSR count). The maximum atomic E-state index is 14.5. The van der Waals surface area contributed by atoms with E-state index < -0.39 is 5.41 Å². The molecule has 1 fully saturated rings. The molecule has 1 saturated heterocycles. The number of carbonyl (C=O) groups is 1. The van der Waals surface area contributed by atoms with Crippen molar-refractivity contribution >= 4 is 29.7 Å².